The van der Waals surface area contributed by atoms with Gasteiger partial charge in [-0.15, -0.1) is 0 Å². The lowest BCUT2D eigenvalue weighted by Gasteiger charge is -2.25. The molecular formula is C15H21BrN2O2. The smallest absolute Gasteiger partial charge is 0.230 e. The first kappa shape index (κ1) is 15.5. The van der Waals surface area contributed by atoms with E-state index in [1.54, 1.807) is 0 Å². The van der Waals surface area contributed by atoms with Crippen molar-refractivity contribution in [2.45, 2.75) is 25.4 Å². The van der Waals surface area contributed by atoms with Crippen molar-refractivity contribution in [3.63, 3.8) is 0 Å². The number of aliphatic hydroxyl groups excluding tert-OH is 1. The largest absolute Gasteiger partial charge is 0.391 e. The Labute approximate surface area is 128 Å². The van der Waals surface area contributed by atoms with Crippen LogP contribution in [0.4, 0.5) is 0 Å². The number of carbonyl (C=O) groups is 1. The fourth-order valence-electron chi connectivity index (χ4n) is 2.38. The second-order valence-corrected chi connectivity index (χ2v) is 6.75. The van der Waals surface area contributed by atoms with E-state index in [4.69, 9.17) is 0 Å². The average Bonchev–Trinajstić information content (AvgIpc) is 2.81. The molecule has 110 valence electrons. The van der Waals surface area contributed by atoms with Gasteiger partial charge in [0.25, 0.3) is 0 Å². The highest BCUT2D eigenvalue weighted by Gasteiger charge is 2.31. The summed E-state index contributed by atoms with van der Waals surface area (Å²) in [6, 6.07) is 7.79. The minimum Gasteiger partial charge on any atom is -0.391 e. The molecule has 0 bridgehead atoms. The molecule has 4 nitrogen and oxygen atoms in total. The lowest BCUT2D eigenvalue weighted by Crippen LogP contribution is -2.43. The molecule has 1 aromatic rings. The molecule has 2 unspecified atom stereocenters. The highest BCUT2D eigenvalue weighted by atomic mass is 79.9. The van der Waals surface area contributed by atoms with Crippen LogP contribution in [0, 0.1) is 5.92 Å². The van der Waals surface area contributed by atoms with Crippen LogP contribution < -0.4 is 10.6 Å². The van der Waals surface area contributed by atoms with Crippen molar-refractivity contribution in [1.82, 2.24) is 10.6 Å². The van der Waals surface area contributed by atoms with Crippen LogP contribution in [-0.2, 0) is 10.2 Å². The summed E-state index contributed by atoms with van der Waals surface area (Å²) >= 11 is 3.43. The van der Waals surface area contributed by atoms with Gasteiger partial charge in [0.15, 0.2) is 0 Å². The van der Waals surface area contributed by atoms with E-state index in [2.05, 4.69) is 26.6 Å². The van der Waals surface area contributed by atoms with Crippen LogP contribution in [0.2, 0.25) is 0 Å². The van der Waals surface area contributed by atoms with E-state index in [0.717, 1.165) is 16.6 Å². The van der Waals surface area contributed by atoms with Crippen molar-refractivity contribution in [2.75, 3.05) is 19.6 Å². The molecule has 0 radical (unpaired) electrons. The predicted molar refractivity (Wildman–Crippen MR) is 82.5 cm³/mol. The van der Waals surface area contributed by atoms with Gasteiger partial charge >= 0.3 is 0 Å². The van der Waals surface area contributed by atoms with Crippen molar-refractivity contribution in [2.24, 2.45) is 5.92 Å². The molecule has 1 saturated heterocycles. The number of amides is 1. The molecule has 1 aromatic carbocycles. The van der Waals surface area contributed by atoms with Crippen molar-refractivity contribution in [3.8, 4) is 0 Å². The summed E-state index contributed by atoms with van der Waals surface area (Å²) in [6.45, 7) is 5.68. The van der Waals surface area contributed by atoms with Crippen molar-refractivity contribution in [3.05, 3.63) is 34.3 Å². The molecule has 1 aliphatic rings. The Hall–Kier alpha value is -0.910. The number of β-amino-alcohol motifs (C(OH)–C–C–N with tert-alkyl or cyclic N) is 1. The topological polar surface area (TPSA) is 61.4 Å². The standard InChI is InChI=1S/C15H21BrN2O2/c1-15(2,11-4-3-5-12(16)6-11)14(20)18-8-10-7-17-9-13(10)19/h3-6,10,13,17,19H,7-9H2,1-2H3,(H,18,20). The van der Waals surface area contributed by atoms with Gasteiger partial charge in [-0.25, -0.2) is 0 Å². The first-order valence-electron chi connectivity index (χ1n) is 6.84. The predicted octanol–water partition coefficient (Wildman–Crippen LogP) is 1.42. The van der Waals surface area contributed by atoms with Gasteiger partial charge in [-0.3, -0.25) is 4.79 Å². The van der Waals surface area contributed by atoms with Crippen LogP contribution in [-0.4, -0.2) is 36.8 Å². The maximum Gasteiger partial charge on any atom is 0.230 e. The van der Waals surface area contributed by atoms with Crippen molar-refractivity contribution >= 4 is 21.8 Å². The van der Waals surface area contributed by atoms with Gasteiger partial charge < -0.3 is 15.7 Å². The van der Waals surface area contributed by atoms with E-state index in [1.807, 2.05) is 38.1 Å². The maximum atomic E-state index is 12.4. The first-order chi connectivity index (χ1) is 9.41. The molecule has 0 aromatic heterocycles. The van der Waals surface area contributed by atoms with Gasteiger partial charge in [0.1, 0.15) is 0 Å². The van der Waals surface area contributed by atoms with Crippen molar-refractivity contribution < 1.29 is 9.90 Å². The molecule has 2 rings (SSSR count). The van der Waals surface area contributed by atoms with Gasteiger partial charge in [-0.2, -0.15) is 0 Å². The zero-order valence-electron chi connectivity index (χ0n) is 11.8. The van der Waals surface area contributed by atoms with Gasteiger partial charge in [0.05, 0.1) is 11.5 Å². The molecule has 1 amide bonds. The van der Waals surface area contributed by atoms with Crippen LogP contribution in [0.25, 0.3) is 0 Å². The second kappa shape index (κ2) is 6.24. The number of carbonyl (C=O) groups excluding carboxylic acids is 1. The van der Waals surface area contributed by atoms with E-state index >= 15 is 0 Å². The second-order valence-electron chi connectivity index (χ2n) is 5.83. The third-order valence-electron chi connectivity index (χ3n) is 3.94. The van der Waals surface area contributed by atoms with E-state index in [9.17, 15) is 9.90 Å². The molecule has 0 saturated carbocycles. The summed E-state index contributed by atoms with van der Waals surface area (Å²) < 4.78 is 0.964. The number of benzene rings is 1. The zero-order chi connectivity index (χ0) is 14.8. The van der Waals surface area contributed by atoms with E-state index in [-0.39, 0.29) is 17.9 Å². The Bertz CT molecular complexity index is 491. The lowest BCUT2D eigenvalue weighted by molar-refractivity contribution is -0.125. The van der Waals surface area contributed by atoms with Gasteiger partial charge in [-0.1, -0.05) is 28.1 Å². The molecule has 20 heavy (non-hydrogen) atoms. The van der Waals surface area contributed by atoms with E-state index in [0.29, 0.717) is 13.1 Å². The minimum absolute atomic E-state index is 0.0188. The summed E-state index contributed by atoms with van der Waals surface area (Å²) in [7, 11) is 0. The summed E-state index contributed by atoms with van der Waals surface area (Å²) in [6.07, 6.45) is -0.371. The Balaban J connectivity index is 2.00. The molecule has 1 fully saturated rings. The lowest BCUT2D eigenvalue weighted by atomic mass is 9.83. The molecule has 5 heteroatoms. The number of aliphatic hydroxyl groups is 1. The van der Waals surface area contributed by atoms with Gasteiger partial charge in [0, 0.05) is 30.0 Å². The summed E-state index contributed by atoms with van der Waals surface area (Å²) in [5.74, 6) is 0.0759. The molecule has 3 N–H and O–H groups in total. The SMILES string of the molecule is CC(C)(C(=O)NCC1CNCC1O)c1cccc(Br)c1. The molecule has 2 atom stereocenters. The summed E-state index contributed by atoms with van der Waals surface area (Å²) in [5, 5.41) is 15.8. The van der Waals surface area contributed by atoms with Crippen LogP contribution >= 0.6 is 15.9 Å². The van der Waals surface area contributed by atoms with Crippen LogP contribution in [0.3, 0.4) is 0 Å². The highest BCUT2D eigenvalue weighted by molar-refractivity contribution is 9.10. The first-order valence-corrected chi connectivity index (χ1v) is 7.63. The minimum atomic E-state index is -0.596. The van der Waals surface area contributed by atoms with Crippen molar-refractivity contribution in [1.29, 1.82) is 0 Å². The Kier molecular flexibility index (Phi) is 4.83. The zero-order valence-corrected chi connectivity index (χ0v) is 13.4. The fraction of sp³-hybridized carbons (Fsp3) is 0.533. The van der Waals surface area contributed by atoms with Crippen LogP contribution in [0.15, 0.2) is 28.7 Å². The van der Waals surface area contributed by atoms with E-state index < -0.39 is 5.41 Å². The number of nitrogens with one attached hydrogen (secondary N) is 2. The quantitative estimate of drug-likeness (QED) is 0.776. The summed E-state index contributed by atoms with van der Waals surface area (Å²) in [5.41, 5.74) is 0.371. The number of rotatable bonds is 4. The van der Waals surface area contributed by atoms with E-state index in [1.165, 1.54) is 0 Å². The summed E-state index contributed by atoms with van der Waals surface area (Å²) in [4.78, 5) is 12.4. The Morgan fingerprint density at radius 1 is 1.50 bits per heavy atom. The van der Waals surface area contributed by atoms with Crippen LogP contribution in [0.1, 0.15) is 19.4 Å². The monoisotopic (exact) mass is 340 g/mol. The fourth-order valence-corrected chi connectivity index (χ4v) is 2.78. The third-order valence-corrected chi connectivity index (χ3v) is 4.44. The number of halogens is 1. The number of hydrogen-bond acceptors (Lipinski definition) is 3. The average molecular weight is 341 g/mol. The molecule has 0 spiro atoms. The number of hydrogen-bond donors (Lipinski definition) is 3. The van der Waals surface area contributed by atoms with Gasteiger partial charge in [-0.05, 0) is 31.5 Å². The molecule has 0 aliphatic carbocycles. The molecular weight excluding hydrogens is 320 g/mol. The Morgan fingerprint density at radius 2 is 2.25 bits per heavy atom. The van der Waals surface area contributed by atoms with Crippen LogP contribution in [0.5, 0.6) is 0 Å². The maximum absolute atomic E-state index is 12.4. The normalized spacial score (nSPS) is 22.8. The Morgan fingerprint density at radius 3 is 2.85 bits per heavy atom. The van der Waals surface area contributed by atoms with Gasteiger partial charge in [0.2, 0.25) is 5.91 Å². The third kappa shape index (κ3) is 3.40. The highest BCUT2D eigenvalue weighted by Crippen LogP contribution is 2.26. The molecule has 1 heterocycles. The molecule has 1 aliphatic heterocycles.